The van der Waals surface area contributed by atoms with E-state index < -0.39 is 0 Å². The predicted octanol–water partition coefficient (Wildman–Crippen LogP) is 2.86. The standard InChI is InChI=1S/C11H13FO/c12-7-9-4-5-11(9)8-2-1-3-10(13)6-8/h1-3,6,9,11,13H,4-5,7H2. The molecule has 70 valence electrons. The maximum Gasteiger partial charge on any atom is 0.115 e. The van der Waals surface area contributed by atoms with Crippen molar-refractivity contribution in [1.29, 1.82) is 0 Å². The first kappa shape index (κ1) is 8.54. The van der Waals surface area contributed by atoms with Crippen LogP contribution in [0.3, 0.4) is 0 Å². The lowest BCUT2D eigenvalue weighted by Crippen LogP contribution is -2.25. The van der Waals surface area contributed by atoms with Gasteiger partial charge in [-0.3, -0.25) is 4.39 Å². The number of alkyl halides is 1. The first-order valence-electron chi connectivity index (χ1n) is 4.66. The Hall–Kier alpha value is -1.05. The molecule has 0 aromatic heterocycles. The van der Waals surface area contributed by atoms with Crippen LogP contribution in [0.1, 0.15) is 24.3 Å². The molecule has 1 aromatic rings. The van der Waals surface area contributed by atoms with Gasteiger partial charge in [0.1, 0.15) is 5.75 Å². The average molecular weight is 180 g/mol. The zero-order chi connectivity index (χ0) is 9.26. The Kier molecular flexibility index (Phi) is 2.21. The summed E-state index contributed by atoms with van der Waals surface area (Å²) in [5.74, 6) is 0.793. The van der Waals surface area contributed by atoms with Crippen molar-refractivity contribution in [3.05, 3.63) is 29.8 Å². The Balaban J connectivity index is 2.16. The van der Waals surface area contributed by atoms with Gasteiger partial charge in [-0.2, -0.15) is 0 Å². The van der Waals surface area contributed by atoms with Crippen LogP contribution in [0.4, 0.5) is 4.39 Å². The molecule has 13 heavy (non-hydrogen) atoms. The zero-order valence-corrected chi connectivity index (χ0v) is 7.41. The van der Waals surface area contributed by atoms with Gasteiger partial charge >= 0.3 is 0 Å². The second-order valence-corrected chi connectivity index (χ2v) is 3.69. The van der Waals surface area contributed by atoms with Crippen LogP contribution in [0.5, 0.6) is 5.75 Å². The van der Waals surface area contributed by atoms with E-state index in [0.29, 0.717) is 5.92 Å². The predicted molar refractivity (Wildman–Crippen MR) is 49.5 cm³/mol. The van der Waals surface area contributed by atoms with Crippen molar-refractivity contribution in [3.63, 3.8) is 0 Å². The van der Waals surface area contributed by atoms with Crippen LogP contribution in [-0.4, -0.2) is 11.8 Å². The lowest BCUT2D eigenvalue weighted by molar-refractivity contribution is 0.199. The summed E-state index contributed by atoms with van der Waals surface area (Å²) in [5, 5.41) is 9.25. The van der Waals surface area contributed by atoms with Crippen molar-refractivity contribution in [2.75, 3.05) is 6.67 Å². The highest BCUT2D eigenvalue weighted by atomic mass is 19.1. The molecule has 0 heterocycles. The van der Waals surface area contributed by atoms with Crippen LogP contribution in [0, 0.1) is 5.92 Å². The summed E-state index contributed by atoms with van der Waals surface area (Å²) in [6.07, 6.45) is 2.04. The normalized spacial score (nSPS) is 26.8. The van der Waals surface area contributed by atoms with Gasteiger partial charge in [0, 0.05) is 0 Å². The lowest BCUT2D eigenvalue weighted by Gasteiger charge is -2.35. The van der Waals surface area contributed by atoms with Gasteiger partial charge in [0.15, 0.2) is 0 Å². The monoisotopic (exact) mass is 180 g/mol. The fraction of sp³-hybridized carbons (Fsp3) is 0.455. The number of rotatable bonds is 2. The van der Waals surface area contributed by atoms with Gasteiger partial charge in [0.25, 0.3) is 0 Å². The Morgan fingerprint density at radius 3 is 2.77 bits per heavy atom. The highest BCUT2D eigenvalue weighted by molar-refractivity contribution is 5.31. The molecule has 1 N–H and O–H groups in total. The third-order valence-electron chi connectivity index (χ3n) is 2.91. The van der Waals surface area contributed by atoms with Crippen LogP contribution in [0.25, 0.3) is 0 Å². The Bertz CT molecular complexity index is 296. The molecule has 1 aliphatic rings. The van der Waals surface area contributed by atoms with Gasteiger partial charge in [-0.05, 0) is 42.4 Å². The maximum absolute atomic E-state index is 12.4. The fourth-order valence-electron chi connectivity index (χ4n) is 1.95. The number of phenols is 1. The molecule has 1 saturated carbocycles. The molecule has 0 amide bonds. The van der Waals surface area contributed by atoms with Crippen molar-refractivity contribution in [1.82, 2.24) is 0 Å². The first-order valence-corrected chi connectivity index (χ1v) is 4.66. The summed E-state index contributed by atoms with van der Waals surface area (Å²) >= 11 is 0. The molecule has 1 fully saturated rings. The lowest BCUT2D eigenvalue weighted by atomic mass is 9.71. The molecule has 0 saturated heterocycles. The van der Waals surface area contributed by atoms with Crippen LogP contribution < -0.4 is 0 Å². The number of hydrogen-bond donors (Lipinski definition) is 1. The van der Waals surface area contributed by atoms with E-state index in [0.717, 1.165) is 18.4 Å². The maximum atomic E-state index is 12.4. The highest BCUT2D eigenvalue weighted by Gasteiger charge is 2.31. The van der Waals surface area contributed by atoms with Crippen molar-refractivity contribution in [3.8, 4) is 5.75 Å². The van der Waals surface area contributed by atoms with Gasteiger partial charge in [0.2, 0.25) is 0 Å². The number of aromatic hydroxyl groups is 1. The highest BCUT2D eigenvalue weighted by Crippen LogP contribution is 2.43. The van der Waals surface area contributed by atoms with Crippen LogP contribution >= 0.6 is 0 Å². The van der Waals surface area contributed by atoms with E-state index in [1.54, 1.807) is 12.1 Å². The average Bonchev–Trinajstić information content (AvgIpc) is 2.03. The minimum Gasteiger partial charge on any atom is -0.508 e. The van der Waals surface area contributed by atoms with Crippen molar-refractivity contribution < 1.29 is 9.50 Å². The van der Waals surface area contributed by atoms with E-state index in [2.05, 4.69) is 0 Å². The number of benzene rings is 1. The molecule has 1 aromatic carbocycles. The molecule has 0 aliphatic heterocycles. The van der Waals surface area contributed by atoms with Crippen LogP contribution in [-0.2, 0) is 0 Å². The topological polar surface area (TPSA) is 20.2 Å². The molecule has 1 aliphatic carbocycles. The van der Waals surface area contributed by atoms with E-state index in [9.17, 15) is 9.50 Å². The molecule has 1 nitrogen and oxygen atoms in total. The van der Waals surface area contributed by atoms with Gasteiger partial charge in [-0.1, -0.05) is 12.1 Å². The quantitative estimate of drug-likeness (QED) is 0.742. The number of hydrogen-bond acceptors (Lipinski definition) is 1. The van der Waals surface area contributed by atoms with E-state index in [1.165, 1.54) is 0 Å². The molecular formula is C11H13FO. The molecule has 2 unspecified atom stereocenters. The summed E-state index contributed by atoms with van der Waals surface area (Å²) < 4.78 is 12.4. The van der Waals surface area contributed by atoms with Crippen LogP contribution in [0.15, 0.2) is 24.3 Å². The van der Waals surface area contributed by atoms with Crippen molar-refractivity contribution in [2.24, 2.45) is 5.92 Å². The minimum atomic E-state index is -0.236. The first-order chi connectivity index (χ1) is 6.31. The molecular weight excluding hydrogens is 167 g/mol. The molecule has 0 bridgehead atoms. The summed E-state index contributed by atoms with van der Waals surface area (Å²) in [5.41, 5.74) is 1.08. The van der Waals surface area contributed by atoms with Gasteiger partial charge < -0.3 is 5.11 Å². The summed E-state index contributed by atoms with van der Waals surface area (Å²) in [4.78, 5) is 0. The molecule has 2 rings (SSSR count). The second-order valence-electron chi connectivity index (χ2n) is 3.69. The Morgan fingerprint density at radius 1 is 1.38 bits per heavy atom. The summed E-state index contributed by atoms with van der Waals surface area (Å²) in [7, 11) is 0. The summed E-state index contributed by atoms with van der Waals surface area (Å²) in [6.45, 7) is -0.236. The SMILES string of the molecule is Oc1cccc(C2CCC2CF)c1. The summed E-state index contributed by atoms with van der Waals surface area (Å²) in [6, 6.07) is 7.17. The van der Waals surface area contributed by atoms with Gasteiger partial charge in [-0.15, -0.1) is 0 Å². The van der Waals surface area contributed by atoms with Crippen molar-refractivity contribution in [2.45, 2.75) is 18.8 Å². The van der Waals surface area contributed by atoms with Crippen LogP contribution in [0.2, 0.25) is 0 Å². The molecule has 2 atom stereocenters. The van der Waals surface area contributed by atoms with E-state index in [1.807, 2.05) is 12.1 Å². The largest absolute Gasteiger partial charge is 0.508 e. The molecule has 2 heteroatoms. The van der Waals surface area contributed by atoms with E-state index in [4.69, 9.17) is 0 Å². The van der Waals surface area contributed by atoms with Gasteiger partial charge in [0.05, 0.1) is 6.67 Å². The third kappa shape index (κ3) is 1.53. The van der Waals surface area contributed by atoms with E-state index >= 15 is 0 Å². The third-order valence-corrected chi connectivity index (χ3v) is 2.91. The minimum absolute atomic E-state index is 0.182. The van der Waals surface area contributed by atoms with E-state index in [-0.39, 0.29) is 18.3 Å². The fourth-order valence-corrected chi connectivity index (χ4v) is 1.95. The molecule has 0 radical (unpaired) electrons. The van der Waals surface area contributed by atoms with Gasteiger partial charge in [-0.25, -0.2) is 0 Å². The second kappa shape index (κ2) is 3.36. The number of halogens is 1. The Labute approximate surface area is 77.2 Å². The smallest absolute Gasteiger partial charge is 0.115 e. The van der Waals surface area contributed by atoms with Crippen molar-refractivity contribution >= 4 is 0 Å². The molecule has 0 spiro atoms. The Morgan fingerprint density at radius 2 is 2.23 bits per heavy atom. The zero-order valence-electron chi connectivity index (χ0n) is 7.41. The number of phenolic OH excluding ortho intramolecular Hbond substituents is 1.